The molecule has 0 fully saturated rings. The molecule has 0 atom stereocenters. The van der Waals surface area contributed by atoms with Crippen molar-refractivity contribution in [2.45, 2.75) is 0 Å². The molecule has 0 bridgehead atoms. The van der Waals surface area contributed by atoms with E-state index in [1.807, 2.05) is 0 Å². The van der Waals surface area contributed by atoms with Gasteiger partial charge in [0, 0.05) is 17.1 Å². The van der Waals surface area contributed by atoms with Crippen LogP contribution in [0.3, 0.4) is 0 Å². The minimum Gasteiger partial charge on any atom is -1.00 e. The molecule has 0 rings (SSSR count). The predicted octanol–water partition coefficient (Wildman–Crippen LogP) is -2.68. The van der Waals surface area contributed by atoms with Crippen LogP contribution >= 0.6 is 13.5 Å². The summed E-state index contributed by atoms with van der Waals surface area (Å²) in [6.07, 6.45) is 0. The summed E-state index contributed by atoms with van der Waals surface area (Å²) in [7, 11) is 0. The number of hydrogen-bond donors (Lipinski definition) is 0. The van der Waals surface area contributed by atoms with Gasteiger partial charge in [0.05, 0.1) is 0 Å². The smallest absolute Gasteiger partial charge is 1.00 e. The van der Waals surface area contributed by atoms with E-state index in [9.17, 15) is 0 Å². The van der Waals surface area contributed by atoms with Gasteiger partial charge in [0.1, 0.15) is 0 Å². The molecule has 5 heavy (non-hydrogen) atoms. The van der Waals surface area contributed by atoms with E-state index in [1.54, 1.807) is 0 Å². The molecule has 0 aromatic rings. The Labute approximate surface area is 97.9 Å². The second-order valence-electron chi connectivity index (χ2n) is 0. The molecular formula is H11AlCaFeSSi. The second-order valence-corrected chi connectivity index (χ2v) is 0. The minimum absolute atomic E-state index is 0. The van der Waals surface area contributed by atoms with E-state index >= 15 is 0 Å². The zero-order valence-corrected chi connectivity index (χ0v) is 5.87. The van der Waals surface area contributed by atoms with Crippen molar-refractivity contribution in [2.75, 3.05) is 0 Å². The van der Waals surface area contributed by atoms with Gasteiger partial charge in [-0.1, -0.05) is 0 Å². The Kier molecular flexibility index (Phi) is 258. The van der Waals surface area contributed by atoms with E-state index in [2.05, 4.69) is 0 Å². The second kappa shape index (κ2) is 28.7. The summed E-state index contributed by atoms with van der Waals surface area (Å²) in [5, 5.41) is 0. The van der Waals surface area contributed by atoms with Crippen molar-refractivity contribution < 1.29 is 19.9 Å². The molecule has 0 radical (unpaired) electrons. The molecule has 0 N–H and O–H groups in total. The van der Waals surface area contributed by atoms with E-state index in [-0.39, 0.29) is 99.5 Å². The summed E-state index contributed by atoms with van der Waals surface area (Å²) < 4.78 is 0. The molecular weight excluding hydrogens is 183 g/mol. The van der Waals surface area contributed by atoms with Crippen molar-refractivity contribution in [3.63, 3.8) is 0 Å². The number of hydrogen-bond acceptors (Lipinski definition) is 0. The molecule has 0 aliphatic rings. The van der Waals surface area contributed by atoms with E-state index in [0.717, 1.165) is 0 Å². The maximum absolute atomic E-state index is 0. The van der Waals surface area contributed by atoms with Gasteiger partial charge in [-0.15, -0.1) is 0 Å². The average Bonchev–Trinajstić information content (AvgIpc) is 0. The first-order valence-corrected chi connectivity index (χ1v) is 0. The Morgan fingerprint density at radius 3 is 1.20 bits per heavy atom. The average molecular weight is 194 g/mol. The van der Waals surface area contributed by atoms with Crippen LogP contribution in [-0.2, 0) is 17.1 Å². The standard InChI is InChI=1S/Al.Ca.Fe.H2S.H4Si.5H/h;;;1H2;1H4;;;;;/q;+2;;;;;;;2*-1. The van der Waals surface area contributed by atoms with Crippen molar-refractivity contribution in [3.05, 3.63) is 0 Å². The molecule has 0 aliphatic heterocycles. The van der Waals surface area contributed by atoms with Crippen LogP contribution in [0.2, 0.25) is 0 Å². The van der Waals surface area contributed by atoms with Crippen LogP contribution < -0.4 is 0 Å². The van der Waals surface area contributed by atoms with Gasteiger partial charge in [-0.05, 0) is 11.0 Å². The Balaban J connectivity index is 0. The molecule has 0 nitrogen and oxygen atoms in total. The molecule has 0 aromatic heterocycles. The van der Waals surface area contributed by atoms with E-state index in [4.69, 9.17) is 0 Å². The fourth-order valence-corrected chi connectivity index (χ4v) is 0. The molecule has 0 saturated heterocycles. The topological polar surface area (TPSA) is 0 Å². The molecule has 0 aliphatic carbocycles. The first-order valence-electron chi connectivity index (χ1n) is 0. The summed E-state index contributed by atoms with van der Waals surface area (Å²) >= 11 is 0. The van der Waals surface area contributed by atoms with Gasteiger partial charge < -0.3 is 2.85 Å². The van der Waals surface area contributed by atoms with Gasteiger partial charge in [0.15, 0.2) is 17.4 Å². The summed E-state index contributed by atoms with van der Waals surface area (Å²) in [5.41, 5.74) is 0. The van der Waals surface area contributed by atoms with Gasteiger partial charge in [-0.25, -0.2) is 0 Å². The summed E-state index contributed by atoms with van der Waals surface area (Å²) in [6, 6.07) is 0. The maximum Gasteiger partial charge on any atom is 2.00 e. The molecule has 0 spiro atoms. The zero-order chi connectivity index (χ0) is 0. The summed E-state index contributed by atoms with van der Waals surface area (Å²) in [5.74, 6) is 0. The summed E-state index contributed by atoms with van der Waals surface area (Å²) in [4.78, 5) is 0. The first kappa shape index (κ1) is 45.0. The normalized spacial score (nSPS) is 0. The van der Waals surface area contributed by atoms with Crippen LogP contribution in [-0.4, -0.2) is 66.1 Å². The quantitative estimate of drug-likeness (QED) is 0.369. The van der Waals surface area contributed by atoms with Gasteiger partial charge in [-0.3, -0.25) is 0 Å². The van der Waals surface area contributed by atoms with Crippen LogP contribution in [0.15, 0.2) is 0 Å². The summed E-state index contributed by atoms with van der Waals surface area (Å²) in [6.45, 7) is 0. The van der Waals surface area contributed by atoms with Gasteiger partial charge >= 0.3 is 37.7 Å². The molecule has 0 unspecified atom stereocenters. The van der Waals surface area contributed by atoms with Gasteiger partial charge in [-0.2, -0.15) is 13.5 Å². The first-order chi connectivity index (χ1) is 0. The Bertz CT molecular complexity index is 17.7. The molecule has 0 aromatic carbocycles. The van der Waals surface area contributed by atoms with Gasteiger partial charge in [0.2, 0.25) is 0 Å². The van der Waals surface area contributed by atoms with Crippen LogP contribution in [0.4, 0.5) is 0 Å². The van der Waals surface area contributed by atoms with E-state index < -0.39 is 0 Å². The minimum atomic E-state index is 0. The third kappa shape index (κ3) is 19.8. The fourth-order valence-electron chi connectivity index (χ4n) is 0. The van der Waals surface area contributed by atoms with Crippen LogP contribution in [0, 0.1) is 0 Å². The van der Waals surface area contributed by atoms with Crippen molar-refractivity contribution in [1.82, 2.24) is 0 Å². The SMILES string of the molecule is S.[AlH3].[Ca+2].[Fe].[H-].[H-].[SiH4]. The van der Waals surface area contributed by atoms with Crippen LogP contribution in [0.5, 0.6) is 0 Å². The third-order valence-electron chi connectivity index (χ3n) is 0. The van der Waals surface area contributed by atoms with Crippen molar-refractivity contribution in [1.29, 1.82) is 0 Å². The van der Waals surface area contributed by atoms with E-state index in [0.29, 0.717) is 0 Å². The maximum atomic E-state index is 0. The Morgan fingerprint density at radius 2 is 1.20 bits per heavy atom. The monoisotopic (exact) mass is 194 g/mol. The predicted molar refractivity (Wildman–Crippen MR) is 39.6 cm³/mol. The zero-order valence-electron chi connectivity index (χ0n) is 3.56. The van der Waals surface area contributed by atoms with Crippen LogP contribution in [0.25, 0.3) is 0 Å². The van der Waals surface area contributed by atoms with Crippen molar-refractivity contribution in [3.8, 4) is 0 Å². The molecule has 0 heterocycles. The largest absolute Gasteiger partial charge is 2.00 e. The van der Waals surface area contributed by atoms with E-state index in [1.165, 1.54) is 0 Å². The van der Waals surface area contributed by atoms with Gasteiger partial charge in [0.25, 0.3) is 0 Å². The molecule has 34 valence electrons. The molecule has 0 saturated carbocycles. The Hall–Kier alpha value is 2.88. The molecule has 5 heteroatoms. The van der Waals surface area contributed by atoms with Crippen molar-refractivity contribution >= 4 is 79.6 Å². The number of rotatable bonds is 0. The molecule has 0 amide bonds. The Morgan fingerprint density at radius 1 is 1.20 bits per heavy atom. The van der Waals surface area contributed by atoms with Crippen molar-refractivity contribution in [2.24, 2.45) is 0 Å². The van der Waals surface area contributed by atoms with Crippen LogP contribution in [0.1, 0.15) is 2.85 Å². The fraction of sp³-hybridized carbons (Fsp3) is 0. The third-order valence-corrected chi connectivity index (χ3v) is 0.